The van der Waals surface area contributed by atoms with E-state index in [9.17, 15) is 26.3 Å². The van der Waals surface area contributed by atoms with E-state index in [0.717, 1.165) is 64.1 Å². The average molecular weight is 582 g/mol. The lowest BCUT2D eigenvalue weighted by Gasteiger charge is -2.31. The van der Waals surface area contributed by atoms with Crippen molar-refractivity contribution in [3.05, 3.63) is 48.3 Å². The standard InChI is InChI=1S/C20H26N4O2.2C2HF3O2/c1-25-18-5-3-17(4-6-18)13-23-11-12-26-16-20(14-23)7-10-24(15-20)19-21-8-2-9-22-19;2*3-2(4,5)1(6)7/h2-6,8-9H,7,10-16H2,1H3;2*(H,6,7). The highest BCUT2D eigenvalue weighted by atomic mass is 19.4. The molecule has 3 heterocycles. The molecular weight excluding hydrogens is 554 g/mol. The van der Waals surface area contributed by atoms with Crippen LogP contribution in [0.3, 0.4) is 0 Å². The topological polar surface area (TPSA) is 125 Å². The quantitative estimate of drug-likeness (QED) is 0.518. The third-order valence-corrected chi connectivity index (χ3v) is 5.84. The number of aliphatic carboxylic acids is 2. The highest BCUT2D eigenvalue weighted by Gasteiger charge is 2.42. The molecule has 40 heavy (non-hydrogen) atoms. The van der Waals surface area contributed by atoms with Crippen molar-refractivity contribution in [3.63, 3.8) is 0 Å². The molecule has 2 saturated heterocycles. The number of aromatic nitrogens is 2. The van der Waals surface area contributed by atoms with E-state index in [1.165, 1.54) is 5.56 Å². The Hall–Kier alpha value is -3.66. The van der Waals surface area contributed by atoms with Gasteiger partial charge in [0.25, 0.3) is 0 Å². The molecule has 1 unspecified atom stereocenters. The number of benzene rings is 1. The Morgan fingerprint density at radius 3 is 2.02 bits per heavy atom. The first kappa shape index (κ1) is 32.6. The van der Waals surface area contributed by atoms with Gasteiger partial charge in [0.1, 0.15) is 5.75 Å². The number of carboxylic acid groups (broad SMARTS) is 2. The molecule has 1 aromatic carbocycles. The number of halogens is 6. The minimum atomic E-state index is -5.08. The van der Waals surface area contributed by atoms with E-state index >= 15 is 0 Å². The number of methoxy groups -OCH3 is 1. The fourth-order valence-electron chi connectivity index (χ4n) is 4.01. The number of carboxylic acids is 2. The molecule has 0 aliphatic carbocycles. The van der Waals surface area contributed by atoms with Crippen LogP contribution in [0.15, 0.2) is 42.7 Å². The Balaban J connectivity index is 0.000000333. The fourth-order valence-corrected chi connectivity index (χ4v) is 4.01. The van der Waals surface area contributed by atoms with Crippen molar-refractivity contribution in [3.8, 4) is 5.75 Å². The summed E-state index contributed by atoms with van der Waals surface area (Å²) in [5.41, 5.74) is 1.46. The molecule has 1 atom stereocenters. The largest absolute Gasteiger partial charge is 0.497 e. The van der Waals surface area contributed by atoms with Gasteiger partial charge in [-0.15, -0.1) is 0 Å². The second-order valence-corrected chi connectivity index (χ2v) is 8.94. The Bertz CT molecular complexity index is 1060. The minimum Gasteiger partial charge on any atom is -0.497 e. The van der Waals surface area contributed by atoms with Crippen LogP contribution in [0.5, 0.6) is 5.75 Å². The van der Waals surface area contributed by atoms with Crippen LogP contribution in [0.25, 0.3) is 0 Å². The first-order valence-electron chi connectivity index (χ1n) is 11.7. The van der Waals surface area contributed by atoms with Crippen LogP contribution in [-0.4, -0.2) is 95.9 Å². The smallest absolute Gasteiger partial charge is 0.490 e. The molecule has 16 heteroatoms. The number of carbonyl (C=O) groups is 2. The summed E-state index contributed by atoms with van der Waals surface area (Å²) in [6.07, 6.45) is -5.43. The maximum Gasteiger partial charge on any atom is 0.490 e. The zero-order valence-electron chi connectivity index (χ0n) is 21.3. The Morgan fingerprint density at radius 1 is 0.975 bits per heavy atom. The van der Waals surface area contributed by atoms with E-state index in [0.29, 0.717) is 0 Å². The number of hydrogen-bond acceptors (Lipinski definition) is 8. The molecule has 0 bridgehead atoms. The van der Waals surface area contributed by atoms with E-state index in [-0.39, 0.29) is 5.41 Å². The molecule has 2 aromatic rings. The van der Waals surface area contributed by atoms with Crippen LogP contribution in [0.4, 0.5) is 32.3 Å². The van der Waals surface area contributed by atoms with Crippen molar-refractivity contribution in [2.45, 2.75) is 25.3 Å². The van der Waals surface area contributed by atoms with E-state index < -0.39 is 24.3 Å². The van der Waals surface area contributed by atoms with Crippen LogP contribution in [0, 0.1) is 5.41 Å². The lowest BCUT2D eigenvalue weighted by Crippen LogP contribution is -2.40. The van der Waals surface area contributed by atoms with Gasteiger partial charge in [-0.05, 0) is 30.2 Å². The number of anilines is 1. The highest BCUT2D eigenvalue weighted by molar-refractivity contribution is 5.73. The van der Waals surface area contributed by atoms with Crippen molar-refractivity contribution < 1.29 is 55.6 Å². The summed E-state index contributed by atoms with van der Waals surface area (Å²) in [6, 6.07) is 10.2. The van der Waals surface area contributed by atoms with Crippen molar-refractivity contribution in [2.75, 3.05) is 51.4 Å². The average Bonchev–Trinajstić information content (AvgIpc) is 3.20. The van der Waals surface area contributed by atoms with Gasteiger partial charge in [0.15, 0.2) is 0 Å². The van der Waals surface area contributed by atoms with Gasteiger partial charge in [-0.1, -0.05) is 12.1 Å². The summed E-state index contributed by atoms with van der Waals surface area (Å²) < 4.78 is 74.7. The molecule has 2 aliphatic rings. The maximum atomic E-state index is 10.6. The van der Waals surface area contributed by atoms with Crippen LogP contribution in [-0.2, 0) is 20.9 Å². The van der Waals surface area contributed by atoms with E-state index in [2.05, 4.69) is 31.9 Å². The number of ether oxygens (including phenoxy) is 2. The van der Waals surface area contributed by atoms with Crippen molar-refractivity contribution in [2.24, 2.45) is 5.41 Å². The summed E-state index contributed by atoms with van der Waals surface area (Å²) in [5.74, 6) is -3.78. The van der Waals surface area contributed by atoms with Crippen LogP contribution < -0.4 is 9.64 Å². The summed E-state index contributed by atoms with van der Waals surface area (Å²) in [4.78, 5) is 31.4. The van der Waals surface area contributed by atoms with Gasteiger partial charge in [-0.25, -0.2) is 19.6 Å². The number of rotatable bonds is 4. The molecule has 0 saturated carbocycles. The number of alkyl halides is 6. The van der Waals surface area contributed by atoms with E-state index in [4.69, 9.17) is 29.3 Å². The van der Waals surface area contributed by atoms with Crippen molar-refractivity contribution in [1.29, 1.82) is 0 Å². The number of hydrogen-bond donors (Lipinski definition) is 2. The minimum absolute atomic E-state index is 0.155. The zero-order valence-corrected chi connectivity index (χ0v) is 21.3. The van der Waals surface area contributed by atoms with Gasteiger partial charge in [-0.3, -0.25) is 4.90 Å². The molecule has 0 radical (unpaired) electrons. The predicted molar refractivity (Wildman–Crippen MR) is 128 cm³/mol. The molecule has 10 nitrogen and oxygen atoms in total. The fraction of sp³-hybridized carbons (Fsp3) is 0.500. The van der Waals surface area contributed by atoms with E-state index in [1.54, 1.807) is 7.11 Å². The summed E-state index contributed by atoms with van der Waals surface area (Å²) >= 11 is 0. The molecule has 1 aromatic heterocycles. The normalized spacial score (nSPS) is 19.5. The lowest BCUT2D eigenvalue weighted by atomic mass is 9.87. The van der Waals surface area contributed by atoms with Crippen molar-refractivity contribution >= 4 is 17.9 Å². The molecule has 2 aliphatic heterocycles. The molecule has 2 fully saturated rings. The molecule has 0 amide bonds. The van der Waals surface area contributed by atoms with Gasteiger partial charge >= 0.3 is 24.3 Å². The van der Waals surface area contributed by atoms with Crippen LogP contribution in [0.2, 0.25) is 0 Å². The van der Waals surface area contributed by atoms with Gasteiger partial charge in [0.05, 0.1) is 20.3 Å². The summed E-state index contributed by atoms with van der Waals surface area (Å²) in [7, 11) is 1.70. The first-order valence-corrected chi connectivity index (χ1v) is 11.7. The third kappa shape index (κ3) is 10.5. The van der Waals surface area contributed by atoms with E-state index in [1.807, 2.05) is 30.6 Å². The van der Waals surface area contributed by atoms with Gasteiger partial charge in [0.2, 0.25) is 5.95 Å². The molecule has 4 rings (SSSR count). The Labute approximate surface area is 225 Å². The second-order valence-electron chi connectivity index (χ2n) is 8.94. The molecular formula is C24H28F6N4O6. The summed E-state index contributed by atoms with van der Waals surface area (Å²) in [5, 5.41) is 14.2. The molecule has 222 valence electrons. The monoisotopic (exact) mass is 582 g/mol. The third-order valence-electron chi connectivity index (χ3n) is 5.84. The Kier molecular flexibility index (Phi) is 11.5. The van der Waals surface area contributed by atoms with Crippen LogP contribution in [0.1, 0.15) is 12.0 Å². The SMILES string of the molecule is COc1ccc(CN2CCOCC3(CCN(c4ncccn4)C3)C2)cc1.O=C(O)C(F)(F)F.O=C(O)C(F)(F)F. The predicted octanol–water partition coefficient (Wildman–Crippen LogP) is 3.48. The van der Waals surface area contributed by atoms with Gasteiger partial charge in [0, 0.05) is 50.5 Å². The lowest BCUT2D eigenvalue weighted by molar-refractivity contribution is -0.193. The second kappa shape index (κ2) is 14.1. The Morgan fingerprint density at radius 2 is 1.52 bits per heavy atom. The molecule has 2 N–H and O–H groups in total. The van der Waals surface area contributed by atoms with Gasteiger partial charge in [-0.2, -0.15) is 26.3 Å². The number of nitrogens with zero attached hydrogens (tertiary/aromatic N) is 4. The van der Waals surface area contributed by atoms with Crippen molar-refractivity contribution in [1.82, 2.24) is 14.9 Å². The highest BCUT2D eigenvalue weighted by Crippen LogP contribution is 2.35. The van der Waals surface area contributed by atoms with Gasteiger partial charge < -0.3 is 24.6 Å². The first-order chi connectivity index (χ1) is 18.6. The maximum absolute atomic E-state index is 10.6. The zero-order chi connectivity index (χ0) is 30.0. The molecule has 1 spiro atoms. The van der Waals surface area contributed by atoms with Crippen LogP contribution >= 0.6 is 0 Å². The summed E-state index contributed by atoms with van der Waals surface area (Å²) in [6.45, 7) is 6.50.